The molecule has 0 saturated heterocycles. The molecular weight excluding hydrogens is 292 g/mol. The average molecular weight is 314 g/mol. The number of hydrogen-bond donors (Lipinski definition) is 2. The summed E-state index contributed by atoms with van der Waals surface area (Å²) in [6, 6.07) is 8.24. The van der Waals surface area contributed by atoms with Crippen molar-refractivity contribution in [2.75, 3.05) is 38.2 Å². The van der Waals surface area contributed by atoms with Crippen LogP contribution in [0.25, 0.3) is 0 Å². The first kappa shape index (κ1) is 14.4. The molecule has 0 radical (unpaired) electrons. The lowest BCUT2D eigenvalue weighted by Gasteiger charge is -2.25. The van der Waals surface area contributed by atoms with Crippen LogP contribution in [0.1, 0.15) is 5.56 Å². The van der Waals surface area contributed by atoms with Gasteiger partial charge in [0.25, 0.3) is 0 Å². The fourth-order valence-electron chi connectivity index (χ4n) is 3.11. The van der Waals surface area contributed by atoms with Crippen LogP contribution in [0.4, 0.5) is 5.82 Å². The highest BCUT2D eigenvalue weighted by Gasteiger charge is 2.17. The van der Waals surface area contributed by atoms with E-state index >= 15 is 0 Å². The normalized spacial score (nSPS) is 19.0. The number of hydrogen-bond acceptors (Lipinski definition) is 5. The number of nitrogens with one attached hydrogen (secondary N) is 2. The quantitative estimate of drug-likeness (QED) is 0.820. The number of nitrogens with zero attached hydrogens (tertiary/aromatic N) is 2. The SMILES string of the molecule is c1cc2n(n1)CC(CNCCc1ccc3c(c1)OCCO3)CN2. The largest absolute Gasteiger partial charge is 0.486 e. The summed E-state index contributed by atoms with van der Waals surface area (Å²) >= 11 is 0. The summed E-state index contributed by atoms with van der Waals surface area (Å²) in [4.78, 5) is 0. The minimum Gasteiger partial charge on any atom is -0.486 e. The van der Waals surface area contributed by atoms with Crippen LogP contribution in [0, 0.1) is 5.92 Å². The van der Waals surface area contributed by atoms with E-state index < -0.39 is 0 Å². The van der Waals surface area contributed by atoms with Crippen molar-refractivity contribution in [3.63, 3.8) is 0 Å². The van der Waals surface area contributed by atoms with E-state index in [0.29, 0.717) is 19.1 Å². The van der Waals surface area contributed by atoms with Gasteiger partial charge in [0, 0.05) is 31.6 Å². The Bertz CT molecular complexity index is 670. The Labute approximate surface area is 135 Å². The molecule has 1 aromatic heterocycles. The second-order valence-corrected chi connectivity index (χ2v) is 6.08. The van der Waals surface area contributed by atoms with E-state index in [4.69, 9.17) is 9.47 Å². The molecule has 122 valence electrons. The van der Waals surface area contributed by atoms with E-state index in [0.717, 1.165) is 49.9 Å². The van der Waals surface area contributed by atoms with Crippen molar-refractivity contribution >= 4 is 5.82 Å². The van der Waals surface area contributed by atoms with E-state index in [1.807, 2.05) is 23.0 Å². The standard InChI is InChI=1S/C17H22N4O2/c1-2-15-16(23-8-7-22-15)9-13(1)3-5-18-10-14-11-19-17-4-6-20-21(17)12-14/h1-2,4,6,9,14,18-19H,3,5,7-8,10-12H2. The summed E-state index contributed by atoms with van der Waals surface area (Å²) in [6.07, 6.45) is 2.84. The van der Waals surface area contributed by atoms with Gasteiger partial charge in [-0.05, 0) is 30.7 Å². The molecule has 2 aromatic rings. The van der Waals surface area contributed by atoms with Crippen LogP contribution in [0.5, 0.6) is 11.5 Å². The summed E-state index contributed by atoms with van der Waals surface area (Å²) in [5.41, 5.74) is 1.28. The highest BCUT2D eigenvalue weighted by Crippen LogP contribution is 2.30. The van der Waals surface area contributed by atoms with Gasteiger partial charge < -0.3 is 20.1 Å². The molecule has 0 saturated carbocycles. The van der Waals surface area contributed by atoms with Crippen molar-refractivity contribution in [3.05, 3.63) is 36.0 Å². The molecule has 1 aromatic carbocycles. The van der Waals surface area contributed by atoms with Crippen LogP contribution >= 0.6 is 0 Å². The summed E-state index contributed by atoms with van der Waals surface area (Å²) in [6.45, 7) is 5.22. The number of anilines is 1. The fraction of sp³-hybridized carbons (Fsp3) is 0.471. The van der Waals surface area contributed by atoms with Crippen molar-refractivity contribution in [3.8, 4) is 11.5 Å². The molecule has 0 bridgehead atoms. The third-order valence-corrected chi connectivity index (χ3v) is 4.35. The summed E-state index contributed by atoms with van der Waals surface area (Å²) in [5, 5.41) is 11.3. The van der Waals surface area contributed by atoms with E-state index in [1.165, 1.54) is 5.56 Å². The van der Waals surface area contributed by atoms with Crippen molar-refractivity contribution in [1.82, 2.24) is 15.1 Å². The van der Waals surface area contributed by atoms with E-state index in [-0.39, 0.29) is 0 Å². The molecule has 0 aliphatic carbocycles. The summed E-state index contributed by atoms with van der Waals surface area (Å²) < 4.78 is 13.2. The van der Waals surface area contributed by atoms with Gasteiger partial charge >= 0.3 is 0 Å². The first-order valence-electron chi connectivity index (χ1n) is 8.23. The number of fused-ring (bicyclic) bond motifs is 2. The van der Waals surface area contributed by atoms with Crippen LogP contribution in [-0.4, -0.2) is 42.6 Å². The lowest BCUT2D eigenvalue weighted by Crippen LogP contribution is -2.36. The first-order chi connectivity index (χ1) is 11.4. The molecule has 3 heterocycles. The predicted molar refractivity (Wildman–Crippen MR) is 88.2 cm³/mol. The zero-order valence-electron chi connectivity index (χ0n) is 13.1. The minimum atomic E-state index is 0.572. The van der Waals surface area contributed by atoms with Crippen molar-refractivity contribution in [2.24, 2.45) is 5.92 Å². The molecular formula is C17H22N4O2. The average Bonchev–Trinajstić information content (AvgIpc) is 3.06. The van der Waals surface area contributed by atoms with Crippen LogP contribution in [0.2, 0.25) is 0 Å². The predicted octanol–water partition coefficient (Wildman–Crippen LogP) is 1.53. The molecule has 1 unspecified atom stereocenters. The number of benzene rings is 1. The molecule has 1 atom stereocenters. The van der Waals surface area contributed by atoms with Gasteiger partial charge in [-0.1, -0.05) is 6.07 Å². The first-order valence-corrected chi connectivity index (χ1v) is 8.23. The lowest BCUT2D eigenvalue weighted by molar-refractivity contribution is 0.171. The Morgan fingerprint density at radius 3 is 3.09 bits per heavy atom. The highest BCUT2D eigenvalue weighted by molar-refractivity contribution is 5.43. The Hall–Kier alpha value is -2.21. The van der Waals surface area contributed by atoms with Gasteiger partial charge in [-0.15, -0.1) is 0 Å². The molecule has 2 N–H and O–H groups in total. The van der Waals surface area contributed by atoms with Crippen LogP contribution in [0.3, 0.4) is 0 Å². The minimum absolute atomic E-state index is 0.572. The molecule has 0 fully saturated rings. The maximum Gasteiger partial charge on any atom is 0.161 e. The van der Waals surface area contributed by atoms with Crippen LogP contribution < -0.4 is 20.1 Å². The molecule has 2 aliphatic rings. The number of ether oxygens (including phenoxy) is 2. The Balaban J connectivity index is 1.23. The zero-order chi connectivity index (χ0) is 15.5. The number of aromatic nitrogens is 2. The van der Waals surface area contributed by atoms with E-state index in [9.17, 15) is 0 Å². The monoisotopic (exact) mass is 314 g/mol. The lowest BCUT2D eigenvalue weighted by atomic mass is 10.1. The maximum atomic E-state index is 5.63. The van der Waals surface area contributed by atoms with Gasteiger partial charge in [0.1, 0.15) is 19.0 Å². The second-order valence-electron chi connectivity index (χ2n) is 6.08. The molecule has 0 amide bonds. The smallest absolute Gasteiger partial charge is 0.161 e. The van der Waals surface area contributed by atoms with Gasteiger partial charge in [-0.3, -0.25) is 0 Å². The number of rotatable bonds is 5. The van der Waals surface area contributed by atoms with Gasteiger partial charge in [0.05, 0.1) is 6.20 Å². The van der Waals surface area contributed by atoms with Crippen LogP contribution in [0.15, 0.2) is 30.5 Å². The Morgan fingerprint density at radius 1 is 1.22 bits per heavy atom. The molecule has 2 aliphatic heterocycles. The van der Waals surface area contributed by atoms with Gasteiger partial charge in [-0.25, -0.2) is 4.68 Å². The Morgan fingerprint density at radius 2 is 2.13 bits per heavy atom. The van der Waals surface area contributed by atoms with Gasteiger partial charge in [0.15, 0.2) is 11.5 Å². The molecule has 0 spiro atoms. The van der Waals surface area contributed by atoms with Crippen LogP contribution in [-0.2, 0) is 13.0 Å². The Kier molecular flexibility index (Phi) is 4.06. The van der Waals surface area contributed by atoms with Crippen molar-refractivity contribution < 1.29 is 9.47 Å². The van der Waals surface area contributed by atoms with Gasteiger partial charge in [-0.2, -0.15) is 5.10 Å². The molecule has 23 heavy (non-hydrogen) atoms. The topological polar surface area (TPSA) is 60.3 Å². The van der Waals surface area contributed by atoms with Crippen molar-refractivity contribution in [1.29, 1.82) is 0 Å². The van der Waals surface area contributed by atoms with E-state index in [2.05, 4.69) is 27.9 Å². The molecule has 6 heteroatoms. The van der Waals surface area contributed by atoms with Crippen molar-refractivity contribution in [2.45, 2.75) is 13.0 Å². The third kappa shape index (κ3) is 3.27. The second kappa shape index (κ2) is 6.50. The summed E-state index contributed by atoms with van der Waals surface area (Å²) in [5.74, 6) is 3.42. The highest BCUT2D eigenvalue weighted by atomic mass is 16.6. The summed E-state index contributed by atoms with van der Waals surface area (Å²) in [7, 11) is 0. The zero-order valence-corrected chi connectivity index (χ0v) is 13.1. The van der Waals surface area contributed by atoms with E-state index in [1.54, 1.807) is 0 Å². The third-order valence-electron chi connectivity index (χ3n) is 4.35. The molecule has 4 rings (SSSR count). The maximum absolute atomic E-state index is 5.63. The molecule has 6 nitrogen and oxygen atoms in total. The van der Waals surface area contributed by atoms with Gasteiger partial charge in [0.2, 0.25) is 0 Å². The fourth-order valence-corrected chi connectivity index (χ4v) is 3.11.